The number of aromatic nitrogens is 1. The van der Waals surface area contributed by atoms with Gasteiger partial charge in [-0.25, -0.2) is 4.79 Å². The highest BCUT2D eigenvalue weighted by molar-refractivity contribution is 6.00. The average Bonchev–Trinajstić information content (AvgIpc) is 3.17. The first-order valence-corrected chi connectivity index (χ1v) is 9.60. The van der Waals surface area contributed by atoms with E-state index >= 15 is 0 Å². The molecule has 0 spiro atoms. The van der Waals surface area contributed by atoms with Crippen LogP contribution in [-0.2, 0) is 0 Å². The highest BCUT2D eigenvalue weighted by atomic mass is 16.6. The van der Waals surface area contributed by atoms with Crippen molar-refractivity contribution in [2.45, 2.75) is 6.92 Å². The highest BCUT2D eigenvalue weighted by Crippen LogP contribution is 2.26. The van der Waals surface area contributed by atoms with E-state index in [2.05, 4.69) is 10.3 Å². The lowest BCUT2D eigenvalue weighted by Crippen LogP contribution is -2.51. The van der Waals surface area contributed by atoms with Crippen LogP contribution in [0.2, 0.25) is 0 Å². The van der Waals surface area contributed by atoms with Gasteiger partial charge in [0.05, 0.1) is 4.92 Å². The van der Waals surface area contributed by atoms with E-state index in [1.807, 2.05) is 31.2 Å². The summed E-state index contributed by atoms with van der Waals surface area (Å²) in [6, 6.07) is 13.7. The Bertz CT molecular complexity index is 1130. The van der Waals surface area contributed by atoms with Gasteiger partial charge in [-0.3, -0.25) is 14.9 Å². The van der Waals surface area contributed by atoms with Gasteiger partial charge >= 0.3 is 6.03 Å². The van der Waals surface area contributed by atoms with Crippen molar-refractivity contribution in [2.24, 2.45) is 0 Å². The van der Waals surface area contributed by atoms with Gasteiger partial charge in [-0.2, -0.15) is 0 Å². The molecule has 1 aromatic heterocycles. The Balaban J connectivity index is 1.41. The van der Waals surface area contributed by atoms with Crippen LogP contribution in [0.3, 0.4) is 0 Å². The molecule has 1 saturated heterocycles. The molecule has 2 heterocycles. The molecule has 0 atom stereocenters. The minimum Gasteiger partial charge on any atom is -0.345 e. The molecule has 30 heavy (non-hydrogen) atoms. The minimum atomic E-state index is -0.474. The number of urea groups is 1. The third kappa shape index (κ3) is 3.82. The number of rotatable bonds is 3. The maximum absolute atomic E-state index is 12.9. The van der Waals surface area contributed by atoms with Crippen LogP contribution in [0, 0.1) is 17.0 Å². The van der Waals surface area contributed by atoms with Gasteiger partial charge in [0, 0.05) is 43.3 Å². The number of aryl methyl sites for hydroxylation is 1. The number of nitrogens with one attached hydrogen (secondary N) is 2. The van der Waals surface area contributed by atoms with Gasteiger partial charge < -0.3 is 20.1 Å². The largest absolute Gasteiger partial charge is 0.345 e. The quantitative estimate of drug-likeness (QED) is 0.512. The summed E-state index contributed by atoms with van der Waals surface area (Å²) in [5.41, 5.74) is 2.36. The van der Waals surface area contributed by atoms with Gasteiger partial charge in [0.25, 0.3) is 11.6 Å². The second kappa shape index (κ2) is 7.86. The summed E-state index contributed by atoms with van der Waals surface area (Å²) >= 11 is 0. The number of piperazine rings is 1. The van der Waals surface area contributed by atoms with Crippen molar-refractivity contribution >= 4 is 34.2 Å². The van der Waals surface area contributed by atoms with E-state index < -0.39 is 4.92 Å². The van der Waals surface area contributed by atoms with E-state index in [1.165, 1.54) is 6.07 Å². The Labute approximate surface area is 172 Å². The van der Waals surface area contributed by atoms with Crippen molar-refractivity contribution < 1.29 is 14.5 Å². The highest BCUT2D eigenvalue weighted by Gasteiger charge is 2.26. The predicted octanol–water partition coefficient (Wildman–Crippen LogP) is 3.37. The SMILES string of the molecule is Cc1cccc(NC(=O)N2CCN(C(=O)c3cc4cccc([N+](=O)[O-])c4[nH]3)CC2)c1. The fourth-order valence-corrected chi connectivity index (χ4v) is 3.62. The Morgan fingerprint density at radius 3 is 2.43 bits per heavy atom. The zero-order valence-corrected chi connectivity index (χ0v) is 16.4. The smallest absolute Gasteiger partial charge is 0.321 e. The number of hydrogen-bond donors (Lipinski definition) is 2. The number of fused-ring (bicyclic) bond motifs is 1. The number of benzene rings is 2. The molecule has 3 aromatic rings. The molecular formula is C21H21N5O4. The van der Waals surface area contributed by atoms with E-state index in [1.54, 1.807) is 28.0 Å². The summed E-state index contributed by atoms with van der Waals surface area (Å²) in [6.45, 7) is 3.54. The standard InChI is InChI=1S/C21H21N5O4/c1-14-4-2-6-16(12-14)22-21(28)25-10-8-24(9-11-25)20(27)17-13-15-5-3-7-18(26(29)30)19(15)23-17/h2-7,12-13,23H,8-11H2,1H3,(H,22,28). The van der Waals surface area contributed by atoms with Crippen LogP contribution >= 0.6 is 0 Å². The number of nitrogens with zero attached hydrogens (tertiary/aromatic N) is 3. The maximum atomic E-state index is 12.9. The lowest BCUT2D eigenvalue weighted by Gasteiger charge is -2.34. The van der Waals surface area contributed by atoms with E-state index in [9.17, 15) is 19.7 Å². The topological polar surface area (TPSA) is 112 Å². The minimum absolute atomic E-state index is 0.0656. The molecule has 9 nitrogen and oxygen atoms in total. The Morgan fingerprint density at radius 2 is 1.73 bits per heavy atom. The summed E-state index contributed by atoms with van der Waals surface area (Å²) in [4.78, 5) is 42.3. The van der Waals surface area contributed by atoms with Crippen molar-refractivity contribution in [3.05, 3.63) is 69.9 Å². The third-order valence-corrected chi connectivity index (χ3v) is 5.18. The number of anilines is 1. The number of amides is 3. The van der Waals surface area contributed by atoms with Gasteiger partial charge in [0.1, 0.15) is 11.2 Å². The number of aromatic amines is 1. The normalized spacial score (nSPS) is 14.0. The van der Waals surface area contributed by atoms with E-state index in [0.717, 1.165) is 11.3 Å². The van der Waals surface area contributed by atoms with Crippen LogP contribution in [0.25, 0.3) is 10.9 Å². The maximum Gasteiger partial charge on any atom is 0.321 e. The van der Waals surface area contributed by atoms with Crippen LogP contribution < -0.4 is 5.32 Å². The number of hydrogen-bond acceptors (Lipinski definition) is 4. The Morgan fingerprint density at radius 1 is 1.03 bits per heavy atom. The molecule has 0 radical (unpaired) electrons. The number of H-pyrrole nitrogens is 1. The van der Waals surface area contributed by atoms with E-state index in [4.69, 9.17) is 0 Å². The first kappa shape index (κ1) is 19.4. The molecule has 0 aliphatic carbocycles. The summed E-state index contributed by atoms with van der Waals surface area (Å²) in [5.74, 6) is -0.237. The molecule has 0 saturated carbocycles. The summed E-state index contributed by atoms with van der Waals surface area (Å²) in [5, 5.41) is 14.7. The molecular weight excluding hydrogens is 386 g/mol. The van der Waals surface area contributed by atoms with Crippen molar-refractivity contribution in [3.63, 3.8) is 0 Å². The first-order valence-electron chi connectivity index (χ1n) is 9.60. The monoisotopic (exact) mass is 407 g/mol. The van der Waals surface area contributed by atoms with Crippen LogP contribution in [0.15, 0.2) is 48.5 Å². The fraction of sp³-hybridized carbons (Fsp3) is 0.238. The van der Waals surface area contributed by atoms with Crippen molar-refractivity contribution in [3.8, 4) is 0 Å². The average molecular weight is 407 g/mol. The molecule has 2 N–H and O–H groups in total. The lowest BCUT2D eigenvalue weighted by molar-refractivity contribution is -0.383. The van der Waals surface area contributed by atoms with E-state index in [0.29, 0.717) is 42.8 Å². The van der Waals surface area contributed by atoms with Crippen LogP contribution in [0.4, 0.5) is 16.2 Å². The Hall–Kier alpha value is -3.88. The number of nitro groups is 1. The van der Waals surface area contributed by atoms with Crippen molar-refractivity contribution in [1.82, 2.24) is 14.8 Å². The zero-order chi connectivity index (χ0) is 21.3. The number of carbonyl (C=O) groups is 2. The molecule has 0 unspecified atom stereocenters. The van der Waals surface area contributed by atoms with Gasteiger partial charge in [-0.15, -0.1) is 0 Å². The molecule has 1 aliphatic heterocycles. The second-order valence-corrected chi connectivity index (χ2v) is 7.26. The van der Waals surface area contributed by atoms with Crippen molar-refractivity contribution in [1.29, 1.82) is 0 Å². The first-order chi connectivity index (χ1) is 14.4. The summed E-state index contributed by atoms with van der Waals surface area (Å²) < 4.78 is 0. The van der Waals surface area contributed by atoms with Crippen molar-refractivity contribution in [2.75, 3.05) is 31.5 Å². The summed E-state index contributed by atoms with van der Waals surface area (Å²) in [6.07, 6.45) is 0. The molecule has 4 rings (SSSR count). The van der Waals surface area contributed by atoms with Gasteiger partial charge in [-0.05, 0) is 30.7 Å². The third-order valence-electron chi connectivity index (χ3n) is 5.18. The fourth-order valence-electron chi connectivity index (χ4n) is 3.62. The molecule has 0 bridgehead atoms. The second-order valence-electron chi connectivity index (χ2n) is 7.26. The number of nitro benzene ring substituents is 1. The molecule has 2 aromatic carbocycles. The van der Waals surface area contributed by atoms with E-state index in [-0.39, 0.29) is 17.6 Å². The lowest BCUT2D eigenvalue weighted by atomic mass is 10.2. The zero-order valence-electron chi connectivity index (χ0n) is 16.4. The molecule has 1 fully saturated rings. The number of carbonyl (C=O) groups excluding carboxylic acids is 2. The van der Waals surface area contributed by atoms with Gasteiger partial charge in [0.2, 0.25) is 0 Å². The number of non-ortho nitro benzene ring substituents is 1. The predicted molar refractivity (Wildman–Crippen MR) is 113 cm³/mol. The summed E-state index contributed by atoms with van der Waals surface area (Å²) in [7, 11) is 0. The van der Waals surface area contributed by atoms with Crippen LogP contribution in [0.1, 0.15) is 16.1 Å². The molecule has 1 aliphatic rings. The van der Waals surface area contributed by atoms with Gasteiger partial charge in [0.15, 0.2) is 0 Å². The molecule has 9 heteroatoms. The molecule has 154 valence electrons. The van der Waals surface area contributed by atoms with Gasteiger partial charge in [-0.1, -0.05) is 24.3 Å². The molecule has 3 amide bonds. The van der Waals surface area contributed by atoms with Crippen LogP contribution in [0.5, 0.6) is 0 Å². The number of para-hydroxylation sites is 1. The Kier molecular flexibility index (Phi) is 5.09. The van der Waals surface area contributed by atoms with Crippen LogP contribution in [-0.4, -0.2) is 57.8 Å².